The molecular weight excluding hydrogens is 338 g/mol. The zero-order chi connectivity index (χ0) is 18.6. The van der Waals surface area contributed by atoms with E-state index in [-0.39, 0.29) is 0 Å². The summed E-state index contributed by atoms with van der Waals surface area (Å²) >= 11 is 0. The van der Waals surface area contributed by atoms with E-state index < -0.39 is 0 Å². The Hall–Kier alpha value is -1.43. The molecule has 0 N–H and O–H groups in total. The normalized spacial score (nSPS) is 25.2. The standard InChI is InChI=1S/C21H35N5O/c1-24-19(16-25-11-5-2-6-12-25)22-23-21(24)18-10-7-13-26(15-18)20(27)14-17-8-3-4-9-17/h17-18H,2-16H2,1H3/t18-/m0/s1. The average molecular weight is 374 g/mol. The van der Waals surface area contributed by atoms with Gasteiger partial charge in [0.05, 0.1) is 6.54 Å². The van der Waals surface area contributed by atoms with Crippen LogP contribution in [-0.2, 0) is 18.4 Å². The lowest BCUT2D eigenvalue weighted by atomic mass is 9.95. The van der Waals surface area contributed by atoms with Gasteiger partial charge in [-0.15, -0.1) is 10.2 Å². The van der Waals surface area contributed by atoms with Gasteiger partial charge in [-0.3, -0.25) is 9.69 Å². The lowest BCUT2D eigenvalue weighted by Gasteiger charge is -2.33. The molecule has 0 radical (unpaired) electrons. The molecule has 4 rings (SSSR count). The number of carbonyl (C=O) groups is 1. The number of carbonyl (C=O) groups excluding carboxylic acids is 1. The first-order valence-electron chi connectivity index (χ1n) is 11.1. The third-order valence-corrected chi connectivity index (χ3v) is 6.89. The van der Waals surface area contributed by atoms with Crippen molar-refractivity contribution in [1.82, 2.24) is 24.6 Å². The Morgan fingerprint density at radius 2 is 1.74 bits per heavy atom. The van der Waals surface area contributed by atoms with Crippen LogP contribution in [0.4, 0.5) is 0 Å². The Balaban J connectivity index is 1.36. The summed E-state index contributed by atoms with van der Waals surface area (Å²) in [4.78, 5) is 17.4. The summed E-state index contributed by atoms with van der Waals surface area (Å²) in [5.74, 6) is 3.46. The summed E-state index contributed by atoms with van der Waals surface area (Å²) in [7, 11) is 2.11. The van der Waals surface area contributed by atoms with Crippen LogP contribution in [-0.4, -0.2) is 56.7 Å². The van der Waals surface area contributed by atoms with Crippen LogP contribution < -0.4 is 0 Å². The van der Waals surface area contributed by atoms with Gasteiger partial charge in [0, 0.05) is 32.5 Å². The van der Waals surface area contributed by atoms with E-state index in [4.69, 9.17) is 0 Å². The van der Waals surface area contributed by atoms with Gasteiger partial charge in [0.1, 0.15) is 11.6 Å². The van der Waals surface area contributed by atoms with Crippen molar-refractivity contribution in [2.75, 3.05) is 26.2 Å². The fraction of sp³-hybridized carbons (Fsp3) is 0.857. The Labute approximate surface area is 163 Å². The monoisotopic (exact) mass is 373 g/mol. The van der Waals surface area contributed by atoms with Crippen molar-refractivity contribution < 1.29 is 4.79 Å². The summed E-state index contributed by atoms with van der Waals surface area (Å²) in [6.07, 6.45) is 12.0. The van der Waals surface area contributed by atoms with Gasteiger partial charge in [-0.2, -0.15) is 0 Å². The molecule has 1 aromatic rings. The summed E-state index contributed by atoms with van der Waals surface area (Å²) in [6, 6.07) is 0. The molecule has 2 saturated heterocycles. The van der Waals surface area contributed by atoms with Crippen LogP contribution in [0.5, 0.6) is 0 Å². The minimum absolute atomic E-state index is 0.332. The molecule has 1 amide bonds. The summed E-state index contributed by atoms with van der Waals surface area (Å²) < 4.78 is 2.20. The molecular formula is C21H35N5O. The number of aromatic nitrogens is 3. The topological polar surface area (TPSA) is 54.3 Å². The number of nitrogens with zero attached hydrogens (tertiary/aromatic N) is 5. The maximum atomic E-state index is 12.8. The van der Waals surface area contributed by atoms with E-state index in [0.29, 0.717) is 17.7 Å². The molecule has 6 nitrogen and oxygen atoms in total. The molecule has 0 spiro atoms. The van der Waals surface area contributed by atoms with Crippen molar-refractivity contribution in [1.29, 1.82) is 0 Å². The van der Waals surface area contributed by atoms with Crippen molar-refractivity contribution in [3.8, 4) is 0 Å². The average Bonchev–Trinajstić information content (AvgIpc) is 3.33. The van der Waals surface area contributed by atoms with Crippen LogP contribution >= 0.6 is 0 Å². The van der Waals surface area contributed by atoms with Crippen LogP contribution in [0.1, 0.15) is 81.8 Å². The van der Waals surface area contributed by atoms with Gasteiger partial charge in [-0.05, 0) is 57.5 Å². The van der Waals surface area contributed by atoms with Gasteiger partial charge in [0.25, 0.3) is 0 Å². The predicted octanol–water partition coefficient (Wildman–Crippen LogP) is 3.09. The van der Waals surface area contributed by atoms with Gasteiger partial charge in [-0.1, -0.05) is 19.3 Å². The second-order valence-corrected chi connectivity index (χ2v) is 8.90. The number of hydrogen-bond acceptors (Lipinski definition) is 4. The molecule has 1 aliphatic carbocycles. The molecule has 0 bridgehead atoms. The van der Waals surface area contributed by atoms with Gasteiger partial charge in [-0.25, -0.2) is 0 Å². The maximum absolute atomic E-state index is 12.8. The fourth-order valence-corrected chi connectivity index (χ4v) is 5.19. The maximum Gasteiger partial charge on any atom is 0.222 e. The summed E-state index contributed by atoms with van der Waals surface area (Å²) in [5, 5.41) is 9.06. The molecule has 2 aliphatic heterocycles. The number of piperidine rings is 2. The molecule has 0 unspecified atom stereocenters. The van der Waals surface area contributed by atoms with Crippen molar-refractivity contribution in [2.45, 2.75) is 76.7 Å². The summed E-state index contributed by atoms with van der Waals surface area (Å²) in [6.45, 7) is 4.99. The highest BCUT2D eigenvalue weighted by Gasteiger charge is 2.30. The third kappa shape index (κ3) is 4.53. The Bertz CT molecular complexity index is 631. The van der Waals surface area contributed by atoms with Gasteiger partial charge in [0.2, 0.25) is 5.91 Å². The van der Waals surface area contributed by atoms with E-state index in [1.807, 2.05) is 0 Å². The second kappa shape index (κ2) is 8.72. The molecule has 3 heterocycles. The van der Waals surface area contributed by atoms with Gasteiger partial charge >= 0.3 is 0 Å². The van der Waals surface area contributed by atoms with Crippen molar-refractivity contribution in [3.05, 3.63) is 11.6 Å². The van der Waals surface area contributed by atoms with E-state index in [1.54, 1.807) is 0 Å². The number of amides is 1. The zero-order valence-corrected chi connectivity index (χ0v) is 16.9. The fourth-order valence-electron chi connectivity index (χ4n) is 5.19. The largest absolute Gasteiger partial charge is 0.342 e. The van der Waals surface area contributed by atoms with Crippen molar-refractivity contribution in [3.63, 3.8) is 0 Å². The van der Waals surface area contributed by atoms with Crippen molar-refractivity contribution in [2.24, 2.45) is 13.0 Å². The van der Waals surface area contributed by atoms with E-state index >= 15 is 0 Å². The zero-order valence-electron chi connectivity index (χ0n) is 16.9. The van der Waals surface area contributed by atoms with E-state index in [2.05, 4.69) is 31.6 Å². The lowest BCUT2D eigenvalue weighted by molar-refractivity contribution is -0.133. The first kappa shape index (κ1) is 18.9. The molecule has 0 aromatic carbocycles. The highest BCUT2D eigenvalue weighted by Crippen LogP contribution is 2.30. The third-order valence-electron chi connectivity index (χ3n) is 6.89. The van der Waals surface area contributed by atoms with Gasteiger partial charge < -0.3 is 9.47 Å². The number of likely N-dealkylation sites (tertiary alicyclic amines) is 2. The molecule has 1 atom stereocenters. The predicted molar refractivity (Wildman–Crippen MR) is 105 cm³/mol. The SMILES string of the molecule is Cn1c(CN2CCCCC2)nnc1[C@H]1CCCN(C(=O)CC2CCCC2)C1. The van der Waals surface area contributed by atoms with Gasteiger partial charge in [0.15, 0.2) is 0 Å². The first-order chi connectivity index (χ1) is 13.2. The second-order valence-electron chi connectivity index (χ2n) is 8.90. The lowest BCUT2D eigenvalue weighted by Crippen LogP contribution is -2.40. The van der Waals surface area contributed by atoms with E-state index in [0.717, 1.165) is 50.5 Å². The number of hydrogen-bond donors (Lipinski definition) is 0. The smallest absolute Gasteiger partial charge is 0.222 e. The van der Waals surface area contributed by atoms with Crippen LogP contribution in [0, 0.1) is 5.92 Å². The highest BCUT2D eigenvalue weighted by atomic mass is 16.2. The molecule has 1 aromatic heterocycles. The molecule has 150 valence electrons. The molecule has 1 saturated carbocycles. The first-order valence-corrected chi connectivity index (χ1v) is 11.1. The molecule has 3 aliphatic rings. The highest BCUT2D eigenvalue weighted by molar-refractivity contribution is 5.76. The Kier molecular flexibility index (Phi) is 6.11. The van der Waals surface area contributed by atoms with E-state index in [9.17, 15) is 4.79 Å². The molecule has 3 fully saturated rings. The Morgan fingerprint density at radius 3 is 2.52 bits per heavy atom. The van der Waals surface area contributed by atoms with Crippen LogP contribution in [0.3, 0.4) is 0 Å². The number of rotatable bonds is 5. The molecule has 27 heavy (non-hydrogen) atoms. The van der Waals surface area contributed by atoms with Crippen LogP contribution in [0.2, 0.25) is 0 Å². The van der Waals surface area contributed by atoms with Crippen LogP contribution in [0.15, 0.2) is 0 Å². The Morgan fingerprint density at radius 1 is 0.963 bits per heavy atom. The minimum atomic E-state index is 0.332. The van der Waals surface area contributed by atoms with E-state index in [1.165, 1.54) is 58.0 Å². The van der Waals surface area contributed by atoms with Crippen molar-refractivity contribution >= 4 is 5.91 Å². The quantitative estimate of drug-likeness (QED) is 0.796. The van der Waals surface area contributed by atoms with Crippen LogP contribution in [0.25, 0.3) is 0 Å². The summed E-state index contributed by atoms with van der Waals surface area (Å²) in [5.41, 5.74) is 0. The minimum Gasteiger partial charge on any atom is -0.342 e. The molecule has 6 heteroatoms.